The lowest BCUT2D eigenvalue weighted by Crippen LogP contribution is -2.24. The van der Waals surface area contributed by atoms with Crippen LogP contribution in [-0.2, 0) is 0 Å². The molecule has 106 valence electrons. The van der Waals surface area contributed by atoms with Gasteiger partial charge in [-0.15, -0.1) is 11.8 Å². The van der Waals surface area contributed by atoms with E-state index in [1.165, 1.54) is 11.1 Å². The molecule has 0 saturated carbocycles. The Labute approximate surface area is 126 Å². The van der Waals surface area contributed by atoms with Crippen LogP contribution in [0.2, 0.25) is 0 Å². The van der Waals surface area contributed by atoms with Crippen molar-refractivity contribution in [2.75, 3.05) is 12.3 Å². The zero-order valence-electron chi connectivity index (χ0n) is 12.2. The quantitative estimate of drug-likeness (QED) is 0.771. The molecular formula is C17H22N2S. The maximum atomic E-state index is 4.38. The molecule has 3 heteroatoms. The van der Waals surface area contributed by atoms with Gasteiger partial charge in [0, 0.05) is 18.0 Å². The van der Waals surface area contributed by atoms with Crippen molar-refractivity contribution in [2.45, 2.75) is 31.3 Å². The zero-order chi connectivity index (χ0) is 14.2. The molecule has 2 nitrogen and oxygen atoms in total. The predicted molar refractivity (Wildman–Crippen MR) is 87.2 cm³/mol. The molecule has 1 unspecified atom stereocenters. The van der Waals surface area contributed by atoms with Gasteiger partial charge in [-0.1, -0.05) is 37.3 Å². The molecule has 0 aliphatic rings. The molecule has 2 aromatic rings. The molecule has 0 aliphatic heterocycles. The second-order valence-electron chi connectivity index (χ2n) is 4.84. The third-order valence-electron chi connectivity index (χ3n) is 3.24. The van der Waals surface area contributed by atoms with Crippen molar-refractivity contribution in [3.05, 3.63) is 59.8 Å². The maximum absolute atomic E-state index is 4.38. The first-order valence-corrected chi connectivity index (χ1v) is 8.12. The highest BCUT2D eigenvalue weighted by Crippen LogP contribution is 2.25. The van der Waals surface area contributed by atoms with Crippen LogP contribution >= 0.6 is 11.8 Å². The smallest absolute Gasteiger partial charge is 0.0960 e. The van der Waals surface area contributed by atoms with E-state index < -0.39 is 0 Å². The summed E-state index contributed by atoms with van der Waals surface area (Å²) < 4.78 is 0. The van der Waals surface area contributed by atoms with Crippen LogP contribution < -0.4 is 5.32 Å². The summed E-state index contributed by atoms with van der Waals surface area (Å²) in [4.78, 5) is 4.38. The van der Waals surface area contributed by atoms with E-state index in [1.54, 1.807) is 0 Å². The first kappa shape index (κ1) is 15.1. The summed E-state index contributed by atoms with van der Waals surface area (Å²) in [5.74, 6) is 1.00. The van der Waals surface area contributed by atoms with Crippen molar-refractivity contribution in [1.82, 2.24) is 10.3 Å². The number of benzene rings is 1. The summed E-state index contributed by atoms with van der Waals surface area (Å²) in [6.45, 7) is 5.43. The molecule has 1 heterocycles. The maximum Gasteiger partial charge on any atom is 0.0960 e. The Morgan fingerprint density at radius 3 is 2.65 bits per heavy atom. The fourth-order valence-corrected chi connectivity index (χ4v) is 3.10. The van der Waals surface area contributed by atoms with Gasteiger partial charge in [0.25, 0.3) is 0 Å². The lowest BCUT2D eigenvalue weighted by molar-refractivity contribution is 0.575. The van der Waals surface area contributed by atoms with Crippen LogP contribution in [0.5, 0.6) is 0 Å². The Kier molecular flexibility index (Phi) is 6.09. The first-order valence-electron chi connectivity index (χ1n) is 7.14. The van der Waals surface area contributed by atoms with E-state index in [9.17, 15) is 0 Å². The molecule has 0 spiro atoms. The van der Waals surface area contributed by atoms with Crippen molar-refractivity contribution < 1.29 is 0 Å². The topological polar surface area (TPSA) is 24.9 Å². The van der Waals surface area contributed by atoms with Gasteiger partial charge >= 0.3 is 0 Å². The number of pyridine rings is 1. The molecule has 2 rings (SSSR count). The van der Waals surface area contributed by atoms with E-state index >= 15 is 0 Å². The van der Waals surface area contributed by atoms with Gasteiger partial charge in [0.1, 0.15) is 0 Å². The summed E-state index contributed by atoms with van der Waals surface area (Å²) in [5, 5.41) is 4.74. The van der Waals surface area contributed by atoms with Gasteiger partial charge in [-0.3, -0.25) is 0 Å². The molecule has 0 radical (unpaired) electrons. The average molecular weight is 286 g/mol. The number of nitrogens with zero attached hydrogens (tertiary/aromatic N) is 1. The van der Waals surface area contributed by atoms with E-state index in [4.69, 9.17) is 0 Å². The minimum absolute atomic E-state index is 0.378. The Hall–Kier alpha value is -1.32. The van der Waals surface area contributed by atoms with Crippen molar-refractivity contribution in [3.63, 3.8) is 0 Å². The third kappa shape index (κ3) is 4.36. The molecule has 0 saturated heterocycles. The lowest BCUT2D eigenvalue weighted by atomic mass is 10.0. The SMILES string of the molecule is CCCNC(CSc1ccccn1)c1ccccc1C. The molecule has 1 aromatic carbocycles. The van der Waals surface area contributed by atoms with Gasteiger partial charge in [0.15, 0.2) is 0 Å². The number of nitrogens with one attached hydrogen (secondary N) is 1. The van der Waals surface area contributed by atoms with Gasteiger partial charge in [-0.25, -0.2) is 4.98 Å². The molecule has 1 N–H and O–H groups in total. The highest BCUT2D eigenvalue weighted by molar-refractivity contribution is 7.99. The largest absolute Gasteiger partial charge is 0.309 e. The fourth-order valence-electron chi connectivity index (χ4n) is 2.16. The standard InChI is InChI=1S/C17H22N2S/c1-3-11-18-16(15-9-5-4-8-14(15)2)13-20-17-10-6-7-12-19-17/h4-10,12,16,18H,3,11,13H2,1-2H3. The highest BCUT2D eigenvalue weighted by Gasteiger charge is 2.13. The predicted octanol–water partition coefficient (Wildman–Crippen LogP) is 4.22. The summed E-state index contributed by atoms with van der Waals surface area (Å²) in [6.07, 6.45) is 3.00. The van der Waals surface area contributed by atoms with Gasteiger partial charge in [0.2, 0.25) is 0 Å². The van der Waals surface area contributed by atoms with Gasteiger partial charge in [-0.05, 0) is 43.1 Å². The minimum atomic E-state index is 0.378. The Morgan fingerprint density at radius 1 is 1.15 bits per heavy atom. The van der Waals surface area contributed by atoms with Gasteiger partial charge in [-0.2, -0.15) is 0 Å². The van der Waals surface area contributed by atoms with Crippen molar-refractivity contribution in [2.24, 2.45) is 0 Å². The fraction of sp³-hybridized carbons (Fsp3) is 0.353. The van der Waals surface area contributed by atoms with E-state index in [0.29, 0.717) is 6.04 Å². The highest BCUT2D eigenvalue weighted by atomic mass is 32.2. The number of thioether (sulfide) groups is 1. The van der Waals surface area contributed by atoms with Crippen molar-refractivity contribution >= 4 is 11.8 Å². The van der Waals surface area contributed by atoms with E-state index in [0.717, 1.165) is 23.7 Å². The molecule has 1 aromatic heterocycles. The summed E-state index contributed by atoms with van der Waals surface area (Å²) in [6, 6.07) is 15.1. The monoisotopic (exact) mass is 286 g/mol. The molecular weight excluding hydrogens is 264 g/mol. The second-order valence-corrected chi connectivity index (χ2v) is 5.88. The van der Waals surface area contributed by atoms with Crippen LogP contribution in [0.25, 0.3) is 0 Å². The van der Waals surface area contributed by atoms with Gasteiger partial charge in [0.05, 0.1) is 5.03 Å². The lowest BCUT2D eigenvalue weighted by Gasteiger charge is -2.20. The number of aromatic nitrogens is 1. The van der Waals surface area contributed by atoms with Crippen LogP contribution in [0.4, 0.5) is 0 Å². The van der Waals surface area contributed by atoms with Crippen LogP contribution in [-0.4, -0.2) is 17.3 Å². The third-order valence-corrected chi connectivity index (χ3v) is 4.28. The molecule has 0 amide bonds. The summed E-state index contributed by atoms with van der Waals surface area (Å²) in [7, 11) is 0. The van der Waals surface area contributed by atoms with E-state index in [2.05, 4.69) is 54.5 Å². The van der Waals surface area contributed by atoms with Crippen LogP contribution in [0.15, 0.2) is 53.7 Å². The number of hydrogen-bond donors (Lipinski definition) is 1. The minimum Gasteiger partial charge on any atom is -0.309 e. The normalized spacial score (nSPS) is 12.3. The molecule has 1 atom stereocenters. The van der Waals surface area contributed by atoms with Crippen LogP contribution in [0, 0.1) is 6.92 Å². The molecule has 0 fully saturated rings. The molecule has 0 bridgehead atoms. The second kappa shape index (κ2) is 8.08. The van der Waals surface area contributed by atoms with E-state index in [-0.39, 0.29) is 0 Å². The zero-order valence-corrected chi connectivity index (χ0v) is 13.0. The average Bonchev–Trinajstić information content (AvgIpc) is 2.49. The molecule has 20 heavy (non-hydrogen) atoms. The number of aryl methyl sites for hydroxylation is 1. The van der Waals surface area contributed by atoms with E-state index in [1.807, 2.05) is 30.1 Å². The first-order chi connectivity index (χ1) is 9.81. The van der Waals surface area contributed by atoms with Crippen LogP contribution in [0.3, 0.4) is 0 Å². The Morgan fingerprint density at radius 2 is 1.95 bits per heavy atom. The Bertz CT molecular complexity index is 513. The van der Waals surface area contributed by atoms with Gasteiger partial charge < -0.3 is 5.32 Å². The Balaban J connectivity index is 2.06. The number of rotatable bonds is 7. The van der Waals surface area contributed by atoms with Crippen molar-refractivity contribution in [1.29, 1.82) is 0 Å². The van der Waals surface area contributed by atoms with Crippen LogP contribution in [0.1, 0.15) is 30.5 Å². The number of hydrogen-bond acceptors (Lipinski definition) is 3. The molecule has 0 aliphatic carbocycles. The summed E-state index contributed by atoms with van der Waals surface area (Å²) >= 11 is 1.81. The van der Waals surface area contributed by atoms with Crippen molar-refractivity contribution in [3.8, 4) is 0 Å². The summed E-state index contributed by atoms with van der Waals surface area (Å²) in [5.41, 5.74) is 2.74.